The van der Waals surface area contributed by atoms with Gasteiger partial charge in [0.05, 0.1) is 6.10 Å². The predicted molar refractivity (Wildman–Crippen MR) is 84.4 cm³/mol. The van der Waals surface area contributed by atoms with Crippen LogP contribution in [0.2, 0.25) is 0 Å². The lowest BCUT2D eigenvalue weighted by atomic mass is 9.93. The molecule has 1 amide bonds. The van der Waals surface area contributed by atoms with E-state index in [1.807, 2.05) is 6.92 Å². The number of methoxy groups -OCH3 is 1. The van der Waals surface area contributed by atoms with Crippen LogP contribution in [-0.4, -0.2) is 44.7 Å². The molecule has 2 aromatic rings. The van der Waals surface area contributed by atoms with Crippen molar-refractivity contribution in [3.05, 3.63) is 36.2 Å². The fourth-order valence-corrected chi connectivity index (χ4v) is 2.86. The van der Waals surface area contributed by atoms with E-state index in [1.54, 1.807) is 36.5 Å². The van der Waals surface area contributed by atoms with Gasteiger partial charge >= 0.3 is 0 Å². The predicted octanol–water partition coefficient (Wildman–Crippen LogP) is 1.66. The Morgan fingerprint density at radius 3 is 2.74 bits per heavy atom. The Hall–Kier alpha value is -2.28. The minimum Gasteiger partial charge on any atom is -0.381 e. The molecule has 1 aliphatic rings. The third-order valence-electron chi connectivity index (χ3n) is 4.15. The molecule has 0 aromatic carbocycles. The zero-order valence-electron chi connectivity index (χ0n) is 13.4. The van der Waals surface area contributed by atoms with Crippen LogP contribution in [0.25, 0.3) is 5.95 Å². The number of imidazole rings is 1. The van der Waals surface area contributed by atoms with Gasteiger partial charge in [0.1, 0.15) is 12.0 Å². The molecule has 23 heavy (non-hydrogen) atoms. The van der Waals surface area contributed by atoms with Crippen molar-refractivity contribution in [2.24, 2.45) is 0 Å². The molecule has 2 aromatic heterocycles. The molecule has 0 bridgehead atoms. The molecule has 3 rings (SSSR count). The number of aryl methyl sites for hydroxylation is 1. The molecule has 1 N–H and O–H groups in total. The van der Waals surface area contributed by atoms with Crippen molar-refractivity contribution in [2.45, 2.75) is 44.8 Å². The highest BCUT2D eigenvalue weighted by Crippen LogP contribution is 2.21. The standard InChI is InChI=1S/C16H21N5O2/c1-11-9-14(20-16(18-11)21-8-7-17-10-21)15(22)19-12-3-5-13(23-2)6-4-12/h7-10,12-13H,3-6H2,1-2H3,(H,19,22)/t12-,13-. The number of hydrogen-bond acceptors (Lipinski definition) is 5. The van der Waals surface area contributed by atoms with Crippen molar-refractivity contribution in [3.8, 4) is 5.95 Å². The summed E-state index contributed by atoms with van der Waals surface area (Å²) in [5.41, 5.74) is 1.13. The number of aromatic nitrogens is 4. The molecule has 0 unspecified atom stereocenters. The summed E-state index contributed by atoms with van der Waals surface area (Å²) in [6, 6.07) is 1.89. The first-order valence-electron chi connectivity index (χ1n) is 7.83. The first kappa shape index (κ1) is 15.6. The molecule has 1 fully saturated rings. The molecule has 0 aliphatic heterocycles. The molecule has 122 valence electrons. The lowest BCUT2D eigenvalue weighted by molar-refractivity contribution is 0.0598. The highest BCUT2D eigenvalue weighted by Gasteiger charge is 2.23. The van der Waals surface area contributed by atoms with Gasteiger partial charge in [0.2, 0.25) is 5.95 Å². The SMILES string of the molecule is CO[C@H]1CC[C@H](NC(=O)c2cc(C)nc(-n3ccnc3)n2)CC1. The minimum absolute atomic E-state index is 0.155. The lowest BCUT2D eigenvalue weighted by Gasteiger charge is -2.28. The number of amides is 1. The quantitative estimate of drug-likeness (QED) is 0.928. The van der Waals surface area contributed by atoms with Crippen molar-refractivity contribution in [1.29, 1.82) is 0 Å². The molecule has 0 saturated heterocycles. The highest BCUT2D eigenvalue weighted by atomic mass is 16.5. The molecule has 7 heteroatoms. The zero-order chi connectivity index (χ0) is 16.2. The zero-order valence-corrected chi connectivity index (χ0v) is 13.4. The van der Waals surface area contributed by atoms with Crippen molar-refractivity contribution in [1.82, 2.24) is 24.8 Å². The number of carbonyl (C=O) groups excluding carboxylic acids is 1. The van der Waals surface area contributed by atoms with E-state index in [9.17, 15) is 4.79 Å². The Morgan fingerprint density at radius 2 is 2.09 bits per heavy atom. The monoisotopic (exact) mass is 315 g/mol. The van der Waals surface area contributed by atoms with Crippen LogP contribution >= 0.6 is 0 Å². The summed E-state index contributed by atoms with van der Waals surface area (Å²) in [6.07, 6.45) is 9.16. The number of nitrogens with one attached hydrogen (secondary N) is 1. The fourth-order valence-electron chi connectivity index (χ4n) is 2.86. The van der Waals surface area contributed by atoms with E-state index in [1.165, 1.54) is 0 Å². The average Bonchev–Trinajstić information content (AvgIpc) is 3.09. The molecule has 1 saturated carbocycles. The third-order valence-corrected chi connectivity index (χ3v) is 4.15. The number of nitrogens with zero attached hydrogens (tertiary/aromatic N) is 4. The minimum atomic E-state index is -0.155. The Morgan fingerprint density at radius 1 is 1.30 bits per heavy atom. The molecule has 2 heterocycles. The second-order valence-corrected chi connectivity index (χ2v) is 5.85. The summed E-state index contributed by atoms with van der Waals surface area (Å²) in [7, 11) is 1.74. The fraction of sp³-hybridized carbons (Fsp3) is 0.500. The normalized spacial score (nSPS) is 21.1. The average molecular weight is 315 g/mol. The molecule has 1 aliphatic carbocycles. The van der Waals surface area contributed by atoms with E-state index in [0.29, 0.717) is 17.7 Å². The summed E-state index contributed by atoms with van der Waals surface area (Å²) < 4.78 is 7.05. The largest absolute Gasteiger partial charge is 0.381 e. The first-order chi connectivity index (χ1) is 11.2. The topological polar surface area (TPSA) is 81.9 Å². The van der Waals surface area contributed by atoms with Gasteiger partial charge in [0.15, 0.2) is 0 Å². The van der Waals surface area contributed by atoms with Crippen LogP contribution in [0.3, 0.4) is 0 Å². The van der Waals surface area contributed by atoms with Gasteiger partial charge in [-0.1, -0.05) is 0 Å². The second kappa shape index (κ2) is 6.87. The van der Waals surface area contributed by atoms with Gasteiger partial charge in [0, 0.05) is 31.2 Å². The number of ether oxygens (including phenoxy) is 1. The van der Waals surface area contributed by atoms with E-state index in [-0.39, 0.29) is 11.9 Å². The maximum atomic E-state index is 12.5. The Balaban J connectivity index is 1.70. The van der Waals surface area contributed by atoms with Crippen molar-refractivity contribution in [3.63, 3.8) is 0 Å². The summed E-state index contributed by atoms with van der Waals surface area (Å²) in [5, 5.41) is 3.07. The van der Waals surface area contributed by atoms with Crippen LogP contribution in [0.4, 0.5) is 0 Å². The Labute approximate surface area is 135 Å². The van der Waals surface area contributed by atoms with Gasteiger partial charge in [0.25, 0.3) is 5.91 Å². The molecule has 0 atom stereocenters. The molecule has 0 radical (unpaired) electrons. The van der Waals surface area contributed by atoms with Gasteiger partial charge in [-0.05, 0) is 38.7 Å². The number of rotatable bonds is 4. The summed E-state index contributed by atoms with van der Waals surface area (Å²) in [5.74, 6) is 0.300. The van der Waals surface area contributed by atoms with Gasteiger partial charge in [-0.25, -0.2) is 15.0 Å². The number of carbonyl (C=O) groups is 1. The maximum absolute atomic E-state index is 12.5. The Bertz CT molecular complexity index is 663. The van der Waals surface area contributed by atoms with Crippen LogP contribution in [-0.2, 0) is 4.74 Å². The lowest BCUT2D eigenvalue weighted by Crippen LogP contribution is -2.39. The van der Waals surface area contributed by atoms with Crippen molar-refractivity contribution >= 4 is 5.91 Å². The van der Waals surface area contributed by atoms with Gasteiger partial charge in [-0.2, -0.15) is 0 Å². The summed E-state index contributed by atoms with van der Waals surface area (Å²) >= 11 is 0. The second-order valence-electron chi connectivity index (χ2n) is 5.85. The van der Waals surface area contributed by atoms with Gasteiger partial charge < -0.3 is 10.1 Å². The molecule has 0 spiro atoms. The smallest absolute Gasteiger partial charge is 0.270 e. The van der Waals surface area contributed by atoms with Gasteiger partial charge in [-0.15, -0.1) is 0 Å². The number of hydrogen-bond donors (Lipinski definition) is 1. The first-order valence-corrected chi connectivity index (χ1v) is 7.83. The van der Waals surface area contributed by atoms with E-state index >= 15 is 0 Å². The van der Waals surface area contributed by atoms with E-state index < -0.39 is 0 Å². The van der Waals surface area contributed by atoms with Crippen molar-refractivity contribution < 1.29 is 9.53 Å². The van der Waals surface area contributed by atoms with Crippen molar-refractivity contribution in [2.75, 3.05) is 7.11 Å². The van der Waals surface area contributed by atoms with Crippen LogP contribution in [0.15, 0.2) is 24.8 Å². The van der Waals surface area contributed by atoms with Gasteiger partial charge in [-0.3, -0.25) is 9.36 Å². The third kappa shape index (κ3) is 3.73. The van der Waals surface area contributed by atoms with Crippen LogP contribution in [0.5, 0.6) is 0 Å². The highest BCUT2D eigenvalue weighted by molar-refractivity contribution is 5.92. The molecule has 7 nitrogen and oxygen atoms in total. The van der Waals surface area contributed by atoms with E-state index in [2.05, 4.69) is 20.3 Å². The maximum Gasteiger partial charge on any atom is 0.270 e. The summed E-state index contributed by atoms with van der Waals surface area (Å²) in [6.45, 7) is 1.85. The van der Waals surface area contributed by atoms with Crippen LogP contribution in [0, 0.1) is 6.92 Å². The van der Waals surface area contributed by atoms with E-state index in [4.69, 9.17) is 4.74 Å². The van der Waals surface area contributed by atoms with Crippen LogP contribution < -0.4 is 5.32 Å². The van der Waals surface area contributed by atoms with Crippen LogP contribution in [0.1, 0.15) is 41.9 Å². The molecular weight excluding hydrogens is 294 g/mol. The molecular formula is C16H21N5O2. The summed E-state index contributed by atoms with van der Waals surface area (Å²) in [4.78, 5) is 25.2. The Kier molecular flexibility index (Phi) is 4.66. The van der Waals surface area contributed by atoms with E-state index in [0.717, 1.165) is 31.4 Å².